The Morgan fingerprint density at radius 2 is 1.81 bits per heavy atom. The van der Waals surface area contributed by atoms with Gasteiger partial charge in [0.25, 0.3) is 5.56 Å². The van der Waals surface area contributed by atoms with Gasteiger partial charge in [-0.1, -0.05) is 47.5 Å². The minimum absolute atomic E-state index is 0.179. The Bertz CT molecular complexity index is 972. The van der Waals surface area contributed by atoms with Gasteiger partial charge in [-0.15, -0.1) is 6.42 Å². The number of terminal acetylenes is 1. The summed E-state index contributed by atoms with van der Waals surface area (Å²) < 4.78 is 19.5. The van der Waals surface area contributed by atoms with Crippen molar-refractivity contribution in [2.75, 3.05) is 6.61 Å². The van der Waals surface area contributed by atoms with Crippen molar-refractivity contribution < 1.29 is 18.7 Å². The van der Waals surface area contributed by atoms with Gasteiger partial charge in [-0.3, -0.25) is 19.7 Å². The number of hydrogen-bond acceptors (Lipinski definition) is 6. The first-order valence-corrected chi connectivity index (χ1v) is 12.7. The molecule has 2 aliphatic rings. The highest BCUT2D eigenvalue weighted by Crippen LogP contribution is 2.46. The van der Waals surface area contributed by atoms with E-state index in [0.717, 1.165) is 0 Å². The van der Waals surface area contributed by atoms with Crippen molar-refractivity contribution in [3.05, 3.63) is 33.1 Å². The number of fused-ring (bicyclic) bond motifs is 1. The van der Waals surface area contributed by atoms with Crippen LogP contribution in [-0.2, 0) is 13.9 Å². The fourth-order valence-corrected chi connectivity index (χ4v) is 10.8. The molecule has 0 bridgehead atoms. The third-order valence-electron chi connectivity index (χ3n) is 6.57. The number of amides is 1. The molecule has 0 unspecified atom stereocenters. The second-order valence-electron chi connectivity index (χ2n) is 9.14. The maximum Gasteiger partial charge on any atom is 0.409 e. The molecule has 4 atom stereocenters. The number of H-pyrrole nitrogens is 1. The van der Waals surface area contributed by atoms with E-state index in [1.807, 2.05) is 0 Å². The van der Waals surface area contributed by atoms with E-state index in [9.17, 15) is 14.4 Å². The Kier molecular flexibility index (Phi) is 6.24. The molecule has 9 nitrogen and oxygen atoms in total. The standard InChI is InChI=1S/C21H31N3O6Si/c1-8-21-17(30-20(27)23-21)15(11-28-31(12(2)3,13(4)5)14(6)7)29-18(21)24-10-9-16(25)22-19(24)26/h1,9-10,12-15,17-18H,11H2,2-7H3,(H,23,27)(H,22,25,26)/t15-,17-,18-,21-/m1/s1. The van der Waals surface area contributed by atoms with Crippen LogP contribution in [0.25, 0.3) is 0 Å². The number of hydrogen-bond donors (Lipinski definition) is 2. The molecular weight excluding hydrogens is 418 g/mol. The number of nitrogens with one attached hydrogen (secondary N) is 2. The van der Waals surface area contributed by atoms with Crippen LogP contribution < -0.4 is 16.6 Å². The summed E-state index contributed by atoms with van der Waals surface area (Å²) in [7, 11) is -2.22. The second kappa shape index (κ2) is 8.30. The predicted molar refractivity (Wildman–Crippen MR) is 117 cm³/mol. The van der Waals surface area contributed by atoms with E-state index in [1.54, 1.807) is 0 Å². The Labute approximate surface area is 182 Å². The molecule has 0 aromatic carbocycles. The topological polar surface area (TPSA) is 112 Å². The van der Waals surface area contributed by atoms with Crippen LogP contribution in [0.5, 0.6) is 0 Å². The summed E-state index contributed by atoms with van der Waals surface area (Å²) >= 11 is 0. The lowest BCUT2D eigenvalue weighted by atomic mass is 9.92. The fourth-order valence-electron chi connectivity index (χ4n) is 5.33. The van der Waals surface area contributed by atoms with Crippen LogP contribution in [0.3, 0.4) is 0 Å². The number of nitrogens with zero attached hydrogens (tertiary/aromatic N) is 1. The van der Waals surface area contributed by atoms with Gasteiger partial charge in [0, 0.05) is 12.3 Å². The van der Waals surface area contributed by atoms with Crippen LogP contribution in [0.2, 0.25) is 16.6 Å². The average Bonchev–Trinajstić information content (AvgIpc) is 3.15. The molecule has 3 heterocycles. The lowest BCUT2D eigenvalue weighted by molar-refractivity contribution is -0.0532. The summed E-state index contributed by atoms with van der Waals surface area (Å²) in [5, 5.41) is 2.65. The molecule has 170 valence electrons. The molecule has 1 aromatic rings. The first-order chi connectivity index (χ1) is 14.5. The number of carbonyl (C=O) groups excluding carboxylic acids is 1. The van der Waals surface area contributed by atoms with Crippen molar-refractivity contribution in [3.63, 3.8) is 0 Å². The van der Waals surface area contributed by atoms with E-state index in [0.29, 0.717) is 16.6 Å². The molecule has 0 aliphatic carbocycles. The average molecular weight is 450 g/mol. The number of aromatic nitrogens is 2. The van der Waals surface area contributed by atoms with E-state index in [-0.39, 0.29) is 6.61 Å². The molecular formula is C21H31N3O6Si. The van der Waals surface area contributed by atoms with Crippen LogP contribution in [-0.4, -0.2) is 48.3 Å². The molecule has 2 aliphatic heterocycles. The summed E-state index contributed by atoms with van der Waals surface area (Å²) in [5.74, 6) is 2.58. The fraction of sp³-hybridized carbons (Fsp3) is 0.667. The van der Waals surface area contributed by atoms with Gasteiger partial charge in [0.1, 0.15) is 6.10 Å². The van der Waals surface area contributed by atoms with Gasteiger partial charge in [0.2, 0.25) is 0 Å². The van der Waals surface area contributed by atoms with Crippen molar-refractivity contribution in [2.45, 2.75) is 82.1 Å². The van der Waals surface area contributed by atoms with Crippen molar-refractivity contribution in [3.8, 4) is 12.3 Å². The van der Waals surface area contributed by atoms with E-state index >= 15 is 0 Å². The summed E-state index contributed by atoms with van der Waals surface area (Å²) in [6.45, 7) is 13.2. The summed E-state index contributed by atoms with van der Waals surface area (Å²) in [4.78, 5) is 38.3. The highest BCUT2D eigenvalue weighted by Gasteiger charge is 2.64. The Hall–Kier alpha value is -2.35. The molecule has 31 heavy (non-hydrogen) atoms. The Morgan fingerprint density at radius 1 is 1.19 bits per heavy atom. The highest BCUT2D eigenvalue weighted by molar-refractivity contribution is 6.77. The number of carbonyl (C=O) groups is 1. The van der Waals surface area contributed by atoms with Crippen molar-refractivity contribution in [1.82, 2.24) is 14.9 Å². The molecule has 1 amide bonds. The van der Waals surface area contributed by atoms with Crippen molar-refractivity contribution >= 4 is 14.4 Å². The largest absolute Gasteiger partial charge is 0.440 e. The number of ether oxygens (including phenoxy) is 2. The van der Waals surface area contributed by atoms with Crippen LogP contribution >= 0.6 is 0 Å². The van der Waals surface area contributed by atoms with Gasteiger partial charge in [0.05, 0.1) is 6.61 Å². The van der Waals surface area contributed by atoms with Gasteiger partial charge in [0.15, 0.2) is 26.2 Å². The third-order valence-corrected chi connectivity index (χ3v) is 12.7. The summed E-state index contributed by atoms with van der Waals surface area (Å²) in [5.41, 5.74) is -1.57. The van der Waals surface area contributed by atoms with Crippen LogP contribution in [0.1, 0.15) is 47.8 Å². The number of alkyl carbamates (subject to hydrolysis) is 1. The smallest absolute Gasteiger partial charge is 0.409 e. The summed E-state index contributed by atoms with van der Waals surface area (Å²) in [6.07, 6.45) is 3.86. The second-order valence-corrected chi connectivity index (χ2v) is 14.6. The molecule has 2 N–H and O–H groups in total. The molecule has 0 saturated carbocycles. The van der Waals surface area contributed by atoms with E-state index in [2.05, 4.69) is 57.8 Å². The minimum Gasteiger partial charge on any atom is -0.440 e. The quantitative estimate of drug-likeness (QED) is 0.487. The molecule has 0 radical (unpaired) electrons. The SMILES string of the molecule is C#C[C@@]12NC(=O)O[C@@H]1[C@@H](CO[Si](C(C)C)(C(C)C)C(C)C)O[C@H]2n1ccc(=O)[nH]c1=O. The Morgan fingerprint density at radius 3 is 2.32 bits per heavy atom. The Balaban J connectivity index is 1.97. The first kappa shape index (κ1) is 23.3. The third kappa shape index (κ3) is 3.64. The maximum absolute atomic E-state index is 12.4. The molecule has 0 spiro atoms. The zero-order valence-corrected chi connectivity index (χ0v) is 19.8. The molecule has 2 saturated heterocycles. The van der Waals surface area contributed by atoms with Crippen molar-refractivity contribution in [1.29, 1.82) is 0 Å². The van der Waals surface area contributed by atoms with Crippen LogP contribution in [0.15, 0.2) is 21.9 Å². The predicted octanol–water partition coefficient (Wildman–Crippen LogP) is 2.11. The van der Waals surface area contributed by atoms with E-state index < -0.39 is 49.6 Å². The summed E-state index contributed by atoms with van der Waals surface area (Å²) in [6, 6.07) is 1.19. The van der Waals surface area contributed by atoms with Crippen molar-refractivity contribution in [2.24, 2.45) is 0 Å². The van der Waals surface area contributed by atoms with Crippen LogP contribution in [0, 0.1) is 12.3 Å². The van der Waals surface area contributed by atoms with Gasteiger partial charge >= 0.3 is 11.8 Å². The highest BCUT2D eigenvalue weighted by atomic mass is 28.4. The van der Waals surface area contributed by atoms with Gasteiger partial charge in [-0.2, -0.15) is 0 Å². The van der Waals surface area contributed by atoms with E-state index in [1.165, 1.54) is 16.8 Å². The maximum atomic E-state index is 12.4. The van der Waals surface area contributed by atoms with Crippen LogP contribution in [0.4, 0.5) is 4.79 Å². The lowest BCUT2D eigenvalue weighted by Gasteiger charge is -2.42. The molecule has 1 aromatic heterocycles. The zero-order chi connectivity index (χ0) is 23.1. The zero-order valence-electron chi connectivity index (χ0n) is 18.8. The van der Waals surface area contributed by atoms with Gasteiger partial charge in [-0.05, 0) is 16.6 Å². The monoisotopic (exact) mass is 449 g/mol. The van der Waals surface area contributed by atoms with E-state index in [4.69, 9.17) is 20.3 Å². The lowest BCUT2D eigenvalue weighted by Crippen LogP contribution is -2.53. The number of rotatable bonds is 7. The van der Waals surface area contributed by atoms with Gasteiger partial charge < -0.3 is 13.9 Å². The first-order valence-electron chi connectivity index (χ1n) is 10.6. The number of aromatic amines is 1. The molecule has 3 rings (SSSR count). The normalized spacial score (nSPS) is 28.0. The molecule has 10 heteroatoms. The minimum atomic E-state index is -2.22. The molecule has 2 fully saturated rings. The van der Waals surface area contributed by atoms with Gasteiger partial charge in [-0.25, -0.2) is 9.59 Å².